The molecule has 1 rings (SSSR count). The molecule has 0 saturated carbocycles. The minimum Gasteiger partial charge on any atom is -0.489 e. The third-order valence-corrected chi connectivity index (χ3v) is 4.07. The molecule has 0 radical (unpaired) electrons. The highest BCUT2D eigenvalue weighted by molar-refractivity contribution is 5.31. The Balaban J connectivity index is 2.67. The van der Waals surface area contributed by atoms with Crippen molar-refractivity contribution in [1.82, 2.24) is 5.32 Å². The quantitative estimate of drug-likeness (QED) is 0.798. The van der Waals surface area contributed by atoms with Gasteiger partial charge in [0.1, 0.15) is 11.9 Å². The summed E-state index contributed by atoms with van der Waals surface area (Å²) < 4.78 is 5.97. The van der Waals surface area contributed by atoms with E-state index in [0.717, 1.165) is 18.7 Å². The Hall–Kier alpha value is -1.02. The van der Waals surface area contributed by atoms with Crippen LogP contribution in [0.3, 0.4) is 0 Å². The van der Waals surface area contributed by atoms with E-state index >= 15 is 0 Å². The topological polar surface area (TPSA) is 21.3 Å². The van der Waals surface area contributed by atoms with E-state index in [0.29, 0.717) is 6.04 Å². The molecule has 0 aromatic heterocycles. The lowest BCUT2D eigenvalue weighted by Crippen LogP contribution is -2.38. The summed E-state index contributed by atoms with van der Waals surface area (Å²) in [7, 11) is 0. The van der Waals surface area contributed by atoms with Crippen LogP contribution < -0.4 is 10.1 Å². The number of likely N-dealkylation sites (N-methyl/N-ethyl adjacent to an activating group) is 1. The number of rotatable bonds is 7. The van der Waals surface area contributed by atoms with Gasteiger partial charge in [-0.25, -0.2) is 0 Å². The Kier molecular flexibility index (Phi) is 5.86. The molecule has 0 spiro atoms. The van der Waals surface area contributed by atoms with Gasteiger partial charge in [-0.05, 0) is 49.9 Å². The number of nitrogens with one attached hydrogen (secondary N) is 1. The van der Waals surface area contributed by atoms with Gasteiger partial charge < -0.3 is 10.1 Å². The summed E-state index contributed by atoms with van der Waals surface area (Å²) in [6.45, 7) is 14.1. The lowest BCUT2D eigenvalue weighted by molar-refractivity contribution is 0.179. The highest BCUT2D eigenvalue weighted by Gasteiger charge is 2.18. The van der Waals surface area contributed by atoms with Crippen LogP contribution in [0.2, 0.25) is 0 Å². The second-order valence-corrected chi connectivity index (χ2v) is 5.93. The first-order valence-electron chi connectivity index (χ1n) is 7.41. The zero-order chi connectivity index (χ0) is 14.5. The highest BCUT2D eigenvalue weighted by Crippen LogP contribution is 2.28. The standard InChI is InChI=1S/C17H29NO/c1-7-17(5,6)15-9-11-16(12-10-15)19-14(4)13(3)18-8-2/h9-14,18H,7-8H2,1-6H3. The van der Waals surface area contributed by atoms with E-state index < -0.39 is 0 Å². The lowest BCUT2D eigenvalue weighted by Gasteiger charge is -2.25. The van der Waals surface area contributed by atoms with Crippen molar-refractivity contribution in [2.24, 2.45) is 0 Å². The van der Waals surface area contributed by atoms with Crippen LogP contribution in [0.5, 0.6) is 5.75 Å². The van der Waals surface area contributed by atoms with E-state index in [9.17, 15) is 0 Å². The van der Waals surface area contributed by atoms with E-state index in [1.54, 1.807) is 0 Å². The zero-order valence-electron chi connectivity index (χ0n) is 13.3. The maximum atomic E-state index is 5.97. The van der Waals surface area contributed by atoms with E-state index in [1.165, 1.54) is 5.56 Å². The van der Waals surface area contributed by atoms with Crippen LogP contribution in [0.4, 0.5) is 0 Å². The molecule has 2 nitrogen and oxygen atoms in total. The molecule has 0 fully saturated rings. The molecule has 0 aliphatic rings. The van der Waals surface area contributed by atoms with Gasteiger partial charge in [0.25, 0.3) is 0 Å². The van der Waals surface area contributed by atoms with Crippen molar-refractivity contribution in [3.63, 3.8) is 0 Å². The second kappa shape index (κ2) is 6.95. The first kappa shape index (κ1) is 16.0. The summed E-state index contributed by atoms with van der Waals surface area (Å²) in [5.41, 5.74) is 1.61. The summed E-state index contributed by atoms with van der Waals surface area (Å²) in [6, 6.07) is 8.90. The second-order valence-electron chi connectivity index (χ2n) is 5.93. The fourth-order valence-electron chi connectivity index (χ4n) is 1.99. The summed E-state index contributed by atoms with van der Waals surface area (Å²) in [5, 5.41) is 3.39. The van der Waals surface area contributed by atoms with Gasteiger partial charge in [-0.1, -0.05) is 39.8 Å². The third-order valence-electron chi connectivity index (χ3n) is 4.07. The minimum absolute atomic E-state index is 0.171. The van der Waals surface area contributed by atoms with Gasteiger partial charge in [-0.15, -0.1) is 0 Å². The van der Waals surface area contributed by atoms with Crippen molar-refractivity contribution in [2.75, 3.05) is 6.54 Å². The Morgan fingerprint density at radius 2 is 1.68 bits per heavy atom. The van der Waals surface area contributed by atoms with Crippen LogP contribution in [-0.4, -0.2) is 18.7 Å². The molecule has 2 unspecified atom stereocenters. The molecule has 0 amide bonds. The monoisotopic (exact) mass is 263 g/mol. The summed E-state index contributed by atoms with van der Waals surface area (Å²) in [5.74, 6) is 0.952. The van der Waals surface area contributed by atoms with Crippen molar-refractivity contribution >= 4 is 0 Å². The normalized spacial score (nSPS) is 15.1. The largest absolute Gasteiger partial charge is 0.489 e. The number of ether oxygens (including phenoxy) is 1. The molecule has 1 N–H and O–H groups in total. The first-order chi connectivity index (χ1) is 8.90. The predicted octanol–water partition coefficient (Wildman–Crippen LogP) is 4.14. The zero-order valence-corrected chi connectivity index (χ0v) is 13.3. The van der Waals surface area contributed by atoms with E-state index in [2.05, 4.69) is 71.1 Å². The van der Waals surface area contributed by atoms with E-state index in [4.69, 9.17) is 4.74 Å². The van der Waals surface area contributed by atoms with Gasteiger partial charge in [0.05, 0.1) is 0 Å². The van der Waals surface area contributed by atoms with Gasteiger partial charge in [-0.3, -0.25) is 0 Å². The molecular weight excluding hydrogens is 234 g/mol. The molecule has 2 atom stereocenters. The summed E-state index contributed by atoms with van der Waals surface area (Å²) in [6.07, 6.45) is 1.31. The van der Waals surface area contributed by atoms with Gasteiger partial charge >= 0.3 is 0 Å². The van der Waals surface area contributed by atoms with Crippen LogP contribution in [0.25, 0.3) is 0 Å². The van der Waals surface area contributed by atoms with Crippen LogP contribution in [0.1, 0.15) is 53.5 Å². The summed E-state index contributed by atoms with van der Waals surface area (Å²) in [4.78, 5) is 0. The Bertz CT molecular complexity index is 369. The maximum Gasteiger partial charge on any atom is 0.119 e. The van der Waals surface area contributed by atoms with Gasteiger partial charge in [0, 0.05) is 6.04 Å². The van der Waals surface area contributed by atoms with Crippen molar-refractivity contribution < 1.29 is 4.74 Å². The third kappa shape index (κ3) is 4.54. The molecule has 0 saturated heterocycles. The fourth-order valence-corrected chi connectivity index (χ4v) is 1.99. The maximum absolute atomic E-state index is 5.97. The van der Waals surface area contributed by atoms with Crippen LogP contribution in [0, 0.1) is 0 Å². The highest BCUT2D eigenvalue weighted by atomic mass is 16.5. The van der Waals surface area contributed by atoms with E-state index in [-0.39, 0.29) is 11.5 Å². The van der Waals surface area contributed by atoms with Gasteiger partial charge in [-0.2, -0.15) is 0 Å². The Morgan fingerprint density at radius 3 is 2.16 bits per heavy atom. The van der Waals surface area contributed by atoms with Gasteiger partial charge in [0.2, 0.25) is 0 Å². The average Bonchev–Trinajstić information content (AvgIpc) is 2.39. The molecule has 19 heavy (non-hydrogen) atoms. The van der Waals surface area contributed by atoms with Gasteiger partial charge in [0.15, 0.2) is 0 Å². The van der Waals surface area contributed by atoms with Crippen molar-refractivity contribution in [1.29, 1.82) is 0 Å². The molecule has 0 aliphatic heterocycles. The number of hydrogen-bond donors (Lipinski definition) is 1. The minimum atomic E-state index is 0.171. The Morgan fingerprint density at radius 1 is 1.11 bits per heavy atom. The SMILES string of the molecule is CCNC(C)C(C)Oc1ccc(C(C)(C)CC)cc1. The van der Waals surface area contributed by atoms with Crippen molar-refractivity contribution in [2.45, 2.75) is 65.5 Å². The van der Waals surface area contributed by atoms with Crippen LogP contribution in [-0.2, 0) is 5.41 Å². The fraction of sp³-hybridized carbons (Fsp3) is 0.647. The number of hydrogen-bond acceptors (Lipinski definition) is 2. The Labute approximate surface area is 118 Å². The molecule has 2 heteroatoms. The molecule has 1 aromatic carbocycles. The van der Waals surface area contributed by atoms with Crippen LogP contribution in [0.15, 0.2) is 24.3 Å². The average molecular weight is 263 g/mol. The molecular formula is C17H29NO. The van der Waals surface area contributed by atoms with Crippen LogP contribution >= 0.6 is 0 Å². The smallest absolute Gasteiger partial charge is 0.119 e. The van der Waals surface area contributed by atoms with Crippen molar-refractivity contribution in [3.05, 3.63) is 29.8 Å². The van der Waals surface area contributed by atoms with E-state index in [1.807, 2.05) is 0 Å². The molecule has 108 valence electrons. The van der Waals surface area contributed by atoms with Crippen molar-refractivity contribution in [3.8, 4) is 5.75 Å². The molecule has 0 heterocycles. The molecule has 0 aliphatic carbocycles. The molecule has 0 bridgehead atoms. The summed E-state index contributed by atoms with van der Waals surface area (Å²) >= 11 is 0. The number of benzene rings is 1. The molecule has 1 aromatic rings. The lowest BCUT2D eigenvalue weighted by atomic mass is 9.82. The predicted molar refractivity (Wildman–Crippen MR) is 83.0 cm³/mol. The first-order valence-corrected chi connectivity index (χ1v) is 7.41.